The summed E-state index contributed by atoms with van der Waals surface area (Å²) in [6, 6.07) is 5.17. The lowest BCUT2D eigenvalue weighted by molar-refractivity contribution is -0.369. The third kappa shape index (κ3) is 9.35. The minimum Gasteiger partial charge on any atom is -0.507 e. The van der Waals surface area contributed by atoms with Crippen molar-refractivity contribution in [1.82, 2.24) is 0 Å². The summed E-state index contributed by atoms with van der Waals surface area (Å²) in [6.07, 6.45) is -36.7. The van der Waals surface area contributed by atoms with Gasteiger partial charge in [-0.15, -0.1) is 0 Å². The number of aryl methyl sites for hydroxylation is 1. The molecule has 20 unspecified atom stereocenters. The molecular formula is C40H52O25. The van der Waals surface area contributed by atoms with E-state index in [-0.39, 0.29) is 33.8 Å². The second kappa shape index (κ2) is 19.9. The van der Waals surface area contributed by atoms with Crippen molar-refractivity contribution in [2.75, 3.05) is 33.5 Å². The highest BCUT2D eigenvalue weighted by atomic mass is 16.8. The number of phenols is 1. The molecule has 4 saturated heterocycles. The molecule has 0 amide bonds. The maximum absolute atomic E-state index is 13.8. The molecule has 0 radical (unpaired) electrons. The highest BCUT2D eigenvalue weighted by molar-refractivity contribution is 6.30. The predicted octanol–water partition coefficient (Wildman–Crippen LogP) is -6.86. The van der Waals surface area contributed by atoms with Crippen LogP contribution in [0.1, 0.15) is 37.4 Å². The summed E-state index contributed by atoms with van der Waals surface area (Å²) in [5.41, 5.74) is -0.418. The molecule has 7 rings (SSSR count). The van der Waals surface area contributed by atoms with Gasteiger partial charge < -0.3 is 114 Å². The summed E-state index contributed by atoms with van der Waals surface area (Å²) in [5.74, 6) is -2.32. The predicted molar refractivity (Wildman–Crippen MR) is 205 cm³/mol. The summed E-state index contributed by atoms with van der Waals surface area (Å²) in [6.45, 7) is -1.62. The maximum atomic E-state index is 13.8. The second-order valence-electron chi connectivity index (χ2n) is 16.2. The standard InChI is InChI=1S/C40H52O25/c1-11-3-13-21(15(43)4-11)28(49)22-14(23(13)44)5-12(57-2)6-16(22)60-39-33(54)30(51)25(46)19(63-39)10-59-38-35(56)36(27(48)18(8-42)62-38)65-40-34(55)31(52)26(47)20(64-40)9-58-37-32(53)29(50)24(45)17(7-41)61-37/h3-6,17-20,24-27,29-43,45-48,50-56H,7-10H2,1-2H3. The van der Waals surface area contributed by atoms with E-state index in [2.05, 4.69) is 0 Å². The van der Waals surface area contributed by atoms with Crippen molar-refractivity contribution in [2.45, 2.75) is 130 Å². The zero-order chi connectivity index (χ0) is 47.3. The molecule has 25 heteroatoms. The number of aliphatic hydroxyl groups is 13. The molecular weight excluding hydrogens is 880 g/mol. The van der Waals surface area contributed by atoms with Gasteiger partial charge in [0.1, 0.15) is 115 Å². The van der Waals surface area contributed by atoms with Crippen LogP contribution in [0.15, 0.2) is 24.3 Å². The molecule has 0 aromatic heterocycles. The molecule has 0 bridgehead atoms. The molecule has 14 N–H and O–H groups in total. The van der Waals surface area contributed by atoms with Crippen LogP contribution in [-0.4, -0.2) is 239 Å². The molecule has 5 aliphatic rings. The first kappa shape index (κ1) is 49.3. The Balaban J connectivity index is 1.04. The summed E-state index contributed by atoms with van der Waals surface area (Å²) in [7, 11) is 1.27. The van der Waals surface area contributed by atoms with Crippen LogP contribution >= 0.6 is 0 Å². The minimum absolute atomic E-state index is 0.0283. The van der Waals surface area contributed by atoms with Gasteiger partial charge in [-0.2, -0.15) is 0 Å². The number of carbonyl (C=O) groups is 2. The van der Waals surface area contributed by atoms with Crippen LogP contribution in [0.25, 0.3) is 0 Å². The SMILES string of the molecule is COc1cc(OC2OC(COC3OC(CO)C(O)C(OC4OC(COC5OC(CO)C(O)C(O)C5O)C(O)C(O)C4O)C3O)C(O)C(O)C2O)c2c(c1)C(=O)c1cc(C)cc(O)c1C2=O. The van der Waals surface area contributed by atoms with Crippen LogP contribution in [-0.2, 0) is 33.2 Å². The van der Waals surface area contributed by atoms with Gasteiger partial charge in [0.2, 0.25) is 12.1 Å². The van der Waals surface area contributed by atoms with Crippen LogP contribution in [0.3, 0.4) is 0 Å². The van der Waals surface area contributed by atoms with Crippen LogP contribution in [0.2, 0.25) is 0 Å². The Bertz CT molecular complexity index is 2020. The third-order valence-electron chi connectivity index (χ3n) is 11.9. The van der Waals surface area contributed by atoms with Crippen LogP contribution in [0.5, 0.6) is 17.2 Å². The molecule has 362 valence electrons. The first-order valence-corrected chi connectivity index (χ1v) is 20.3. The van der Waals surface area contributed by atoms with Crippen LogP contribution in [0.4, 0.5) is 0 Å². The number of fused-ring (bicyclic) bond motifs is 2. The van der Waals surface area contributed by atoms with Gasteiger partial charge in [0.05, 0.1) is 44.7 Å². The maximum Gasteiger partial charge on any atom is 0.229 e. The lowest BCUT2D eigenvalue weighted by Gasteiger charge is -2.46. The number of aliphatic hydroxyl groups excluding tert-OH is 13. The Hall–Kier alpha value is -3.62. The first-order valence-electron chi connectivity index (χ1n) is 20.3. The van der Waals surface area contributed by atoms with Gasteiger partial charge in [0, 0.05) is 17.2 Å². The van der Waals surface area contributed by atoms with E-state index >= 15 is 0 Å². The fraction of sp³-hybridized carbons (Fsp3) is 0.650. The number of ether oxygens (including phenoxy) is 9. The number of carbonyl (C=O) groups excluding carboxylic acids is 2. The molecule has 1 aliphatic carbocycles. The van der Waals surface area contributed by atoms with Crippen molar-refractivity contribution in [1.29, 1.82) is 0 Å². The summed E-state index contributed by atoms with van der Waals surface area (Å²) < 4.78 is 50.2. The van der Waals surface area contributed by atoms with Crippen molar-refractivity contribution >= 4 is 11.6 Å². The molecule has 0 saturated carbocycles. The van der Waals surface area contributed by atoms with E-state index in [9.17, 15) is 81.1 Å². The molecule has 2 aromatic rings. The second-order valence-corrected chi connectivity index (χ2v) is 16.2. The van der Waals surface area contributed by atoms with E-state index < -0.39 is 167 Å². The van der Waals surface area contributed by atoms with Crippen LogP contribution in [0, 0.1) is 6.92 Å². The monoisotopic (exact) mass is 932 g/mol. The van der Waals surface area contributed by atoms with E-state index in [4.69, 9.17) is 42.6 Å². The van der Waals surface area contributed by atoms with Gasteiger partial charge in [-0.1, -0.05) is 0 Å². The Morgan fingerprint density at radius 1 is 0.523 bits per heavy atom. The molecule has 25 nitrogen and oxygen atoms in total. The average molecular weight is 933 g/mol. The number of hydrogen-bond donors (Lipinski definition) is 14. The largest absolute Gasteiger partial charge is 0.507 e. The molecule has 0 spiro atoms. The zero-order valence-electron chi connectivity index (χ0n) is 34.4. The average Bonchev–Trinajstić information content (AvgIpc) is 3.28. The van der Waals surface area contributed by atoms with Gasteiger partial charge >= 0.3 is 0 Å². The van der Waals surface area contributed by atoms with Crippen LogP contribution < -0.4 is 9.47 Å². The van der Waals surface area contributed by atoms with Crippen molar-refractivity contribution in [3.63, 3.8) is 0 Å². The van der Waals surface area contributed by atoms with Gasteiger partial charge in [-0.25, -0.2) is 0 Å². The third-order valence-corrected chi connectivity index (χ3v) is 11.9. The quantitative estimate of drug-likeness (QED) is 0.0757. The summed E-state index contributed by atoms with van der Waals surface area (Å²) in [5, 5.41) is 148. The van der Waals surface area contributed by atoms with Gasteiger partial charge in [-0.05, 0) is 30.7 Å². The molecule has 2 aromatic carbocycles. The van der Waals surface area contributed by atoms with E-state index in [1.807, 2.05) is 0 Å². The number of rotatable bonds is 13. The fourth-order valence-electron chi connectivity index (χ4n) is 8.20. The van der Waals surface area contributed by atoms with Crippen molar-refractivity contribution in [3.05, 3.63) is 52.1 Å². The number of phenolic OH excluding ortho intramolecular Hbond substituents is 1. The number of aromatic hydroxyl groups is 1. The molecule has 20 atom stereocenters. The van der Waals surface area contributed by atoms with Crippen molar-refractivity contribution < 1.29 is 124 Å². The Morgan fingerprint density at radius 3 is 1.57 bits per heavy atom. The molecule has 4 aliphatic heterocycles. The topological polar surface area (TPSA) is 400 Å². The van der Waals surface area contributed by atoms with Gasteiger partial charge in [0.15, 0.2) is 24.7 Å². The fourth-order valence-corrected chi connectivity index (χ4v) is 8.20. The number of ketones is 2. The molecule has 4 heterocycles. The normalized spacial score (nSPS) is 40.8. The van der Waals surface area contributed by atoms with Crippen molar-refractivity contribution in [2.24, 2.45) is 0 Å². The van der Waals surface area contributed by atoms with Crippen molar-refractivity contribution in [3.8, 4) is 17.2 Å². The van der Waals surface area contributed by atoms with E-state index in [1.165, 1.54) is 31.4 Å². The van der Waals surface area contributed by atoms with Gasteiger partial charge in [-0.3, -0.25) is 9.59 Å². The minimum atomic E-state index is -2.06. The van der Waals surface area contributed by atoms with E-state index in [0.717, 1.165) is 0 Å². The number of benzene rings is 2. The summed E-state index contributed by atoms with van der Waals surface area (Å²) >= 11 is 0. The lowest BCUT2D eigenvalue weighted by Crippen LogP contribution is -2.65. The molecule has 65 heavy (non-hydrogen) atoms. The highest BCUT2D eigenvalue weighted by Gasteiger charge is 2.53. The summed E-state index contributed by atoms with van der Waals surface area (Å²) in [4.78, 5) is 27.5. The zero-order valence-corrected chi connectivity index (χ0v) is 34.4. The van der Waals surface area contributed by atoms with E-state index in [0.29, 0.717) is 5.56 Å². The van der Waals surface area contributed by atoms with Gasteiger partial charge in [0.25, 0.3) is 0 Å². The first-order chi connectivity index (χ1) is 30.8. The van der Waals surface area contributed by atoms with E-state index in [1.54, 1.807) is 6.92 Å². The number of hydrogen-bond acceptors (Lipinski definition) is 25. The molecule has 4 fully saturated rings. The Morgan fingerprint density at radius 2 is 1.00 bits per heavy atom. The highest BCUT2D eigenvalue weighted by Crippen LogP contribution is 2.41. The number of methoxy groups -OCH3 is 1. The lowest BCUT2D eigenvalue weighted by atomic mass is 9.82. The smallest absolute Gasteiger partial charge is 0.229 e. The Labute approximate surface area is 367 Å². The Kier molecular flexibility index (Phi) is 15.1.